The Morgan fingerprint density at radius 2 is 2.00 bits per heavy atom. The maximum Gasteiger partial charge on any atom is 0.336 e. The molecule has 4 aromatic rings. The lowest BCUT2D eigenvalue weighted by molar-refractivity contribution is 0.473. The first kappa shape index (κ1) is 18.3. The van der Waals surface area contributed by atoms with E-state index >= 15 is 0 Å². The third-order valence-electron chi connectivity index (χ3n) is 4.48. The number of aryl methyl sites for hydroxylation is 1. The van der Waals surface area contributed by atoms with Crippen LogP contribution in [0.3, 0.4) is 0 Å². The third kappa shape index (κ3) is 3.53. The molecular formula is C21H19N3O3S. The molecule has 142 valence electrons. The molecule has 2 aromatic carbocycles. The minimum atomic E-state index is -0.439. The summed E-state index contributed by atoms with van der Waals surface area (Å²) in [4.78, 5) is 11.9. The van der Waals surface area contributed by atoms with Crippen LogP contribution in [0.4, 0.5) is 0 Å². The maximum atomic E-state index is 11.9. The third-order valence-corrected chi connectivity index (χ3v) is 5.50. The molecular weight excluding hydrogens is 374 g/mol. The quantitative estimate of drug-likeness (QED) is 0.400. The molecule has 0 aliphatic heterocycles. The fraction of sp³-hybridized carbons (Fsp3) is 0.190. The van der Waals surface area contributed by atoms with Crippen LogP contribution in [0.25, 0.3) is 22.4 Å². The number of hydrogen-bond acceptors (Lipinski definition) is 6. The summed E-state index contributed by atoms with van der Waals surface area (Å²) < 4.78 is 7.26. The summed E-state index contributed by atoms with van der Waals surface area (Å²) in [6.45, 7) is 4.85. The summed E-state index contributed by atoms with van der Waals surface area (Å²) in [5, 5.41) is 20.0. The zero-order valence-corrected chi connectivity index (χ0v) is 16.4. The van der Waals surface area contributed by atoms with Crippen LogP contribution in [-0.2, 0) is 12.3 Å². The number of benzene rings is 2. The van der Waals surface area contributed by atoms with Crippen LogP contribution in [0.1, 0.15) is 18.1 Å². The molecule has 0 bridgehead atoms. The Balaban J connectivity index is 1.66. The first-order valence-corrected chi connectivity index (χ1v) is 9.92. The lowest BCUT2D eigenvalue weighted by atomic mass is 10.1. The number of nitrogens with zero attached hydrogens (tertiary/aromatic N) is 3. The molecule has 0 atom stereocenters. The van der Waals surface area contributed by atoms with Gasteiger partial charge in [0.2, 0.25) is 0 Å². The average molecular weight is 393 g/mol. The topological polar surface area (TPSA) is 81.2 Å². The number of fused-ring (bicyclic) bond motifs is 1. The van der Waals surface area contributed by atoms with Gasteiger partial charge in [-0.05, 0) is 37.6 Å². The van der Waals surface area contributed by atoms with Gasteiger partial charge in [-0.3, -0.25) is 0 Å². The Labute approximate surface area is 165 Å². The van der Waals surface area contributed by atoms with Gasteiger partial charge in [-0.1, -0.05) is 35.5 Å². The smallest absolute Gasteiger partial charge is 0.336 e. The number of hydrogen-bond donors (Lipinski definition) is 1. The van der Waals surface area contributed by atoms with Gasteiger partial charge in [0, 0.05) is 35.4 Å². The van der Waals surface area contributed by atoms with E-state index in [4.69, 9.17) is 4.42 Å². The van der Waals surface area contributed by atoms with Gasteiger partial charge in [-0.25, -0.2) is 4.79 Å². The molecule has 0 saturated carbocycles. The van der Waals surface area contributed by atoms with Crippen molar-refractivity contribution in [3.63, 3.8) is 0 Å². The van der Waals surface area contributed by atoms with E-state index in [0.717, 1.165) is 34.0 Å². The van der Waals surface area contributed by atoms with Crippen molar-refractivity contribution in [2.75, 3.05) is 0 Å². The van der Waals surface area contributed by atoms with Gasteiger partial charge < -0.3 is 14.1 Å². The van der Waals surface area contributed by atoms with E-state index in [1.54, 1.807) is 12.1 Å². The number of aromatic nitrogens is 3. The molecule has 28 heavy (non-hydrogen) atoms. The Morgan fingerprint density at radius 3 is 2.79 bits per heavy atom. The summed E-state index contributed by atoms with van der Waals surface area (Å²) in [7, 11) is 0. The van der Waals surface area contributed by atoms with Gasteiger partial charge in [0.1, 0.15) is 11.3 Å². The highest BCUT2D eigenvalue weighted by molar-refractivity contribution is 7.98. The Hall–Kier alpha value is -3.06. The van der Waals surface area contributed by atoms with Crippen molar-refractivity contribution in [2.24, 2.45) is 0 Å². The largest absolute Gasteiger partial charge is 0.508 e. The number of thioether (sulfide) groups is 1. The Morgan fingerprint density at radius 1 is 1.14 bits per heavy atom. The van der Waals surface area contributed by atoms with Gasteiger partial charge in [0.25, 0.3) is 0 Å². The summed E-state index contributed by atoms with van der Waals surface area (Å²) in [5.74, 6) is 1.43. The summed E-state index contributed by atoms with van der Waals surface area (Å²) >= 11 is 1.52. The Bertz CT molecular complexity index is 1210. The van der Waals surface area contributed by atoms with Gasteiger partial charge in [-0.15, -0.1) is 10.2 Å². The fourth-order valence-electron chi connectivity index (χ4n) is 3.16. The average Bonchev–Trinajstić information content (AvgIpc) is 3.08. The number of phenols is 1. The van der Waals surface area contributed by atoms with Gasteiger partial charge in [0.15, 0.2) is 11.0 Å². The SMILES string of the molecule is CCn1c(SCc2cc(=O)oc3cc(O)ccc23)nnc1-c1cccc(C)c1. The summed E-state index contributed by atoms with van der Waals surface area (Å²) in [6.07, 6.45) is 0. The highest BCUT2D eigenvalue weighted by Gasteiger charge is 2.15. The molecule has 0 saturated heterocycles. The van der Waals surface area contributed by atoms with Crippen molar-refractivity contribution in [3.05, 3.63) is 70.1 Å². The van der Waals surface area contributed by atoms with E-state index in [0.29, 0.717) is 11.3 Å². The molecule has 0 aliphatic carbocycles. The normalized spacial score (nSPS) is 11.2. The first-order chi connectivity index (χ1) is 13.5. The minimum absolute atomic E-state index is 0.0639. The van der Waals surface area contributed by atoms with E-state index in [2.05, 4.69) is 40.7 Å². The molecule has 2 heterocycles. The standard InChI is InChI=1S/C21H19N3O3S/c1-3-24-20(14-6-4-5-13(2)9-14)22-23-21(24)28-12-15-10-19(26)27-18-11-16(25)7-8-17(15)18/h4-11,25H,3,12H2,1-2H3. The molecule has 7 heteroatoms. The zero-order valence-electron chi connectivity index (χ0n) is 15.5. The van der Waals surface area contributed by atoms with Crippen LogP contribution in [0, 0.1) is 6.92 Å². The molecule has 6 nitrogen and oxygen atoms in total. The minimum Gasteiger partial charge on any atom is -0.508 e. The van der Waals surface area contributed by atoms with E-state index in [1.165, 1.54) is 29.5 Å². The number of rotatable bonds is 5. The van der Waals surface area contributed by atoms with E-state index in [9.17, 15) is 9.90 Å². The molecule has 0 spiro atoms. The van der Waals surface area contributed by atoms with Crippen molar-refractivity contribution in [1.82, 2.24) is 14.8 Å². The second kappa shape index (κ2) is 7.52. The van der Waals surface area contributed by atoms with Crippen molar-refractivity contribution >= 4 is 22.7 Å². The fourth-order valence-corrected chi connectivity index (χ4v) is 4.15. The second-order valence-corrected chi connectivity index (χ2v) is 7.42. The van der Waals surface area contributed by atoms with Crippen LogP contribution < -0.4 is 5.63 Å². The van der Waals surface area contributed by atoms with Crippen molar-refractivity contribution < 1.29 is 9.52 Å². The predicted molar refractivity (Wildman–Crippen MR) is 110 cm³/mol. The molecule has 2 aromatic heterocycles. The highest BCUT2D eigenvalue weighted by atomic mass is 32.2. The monoisotopic (exact) mass is 393 g/mol. The van der Waals surface area contributed by atoms with Crippen molar-refractivity contribution in [2.45, 2.75) is 31.3 Å². The lowest BCUT2D eigenvalue weighted by Gasteiger charge is -2.09. The van der Waals surface area contributed by atoms with Crippen molar-refractivity contribution in [3.8, 4) is 17.1 Å². The molecule has 0 aliphatic rings. The van der Waals surface area contributed by atoms with Crippen molar-refractivity contribution in [1.29, 1.82) is 0 Å². The van der Waals surface area contributed by atoms with Gasteiger partial charge in [-0.2, -0.15) is 0 Å². The van der Waals surface area contributed by atoms with Crippen LogP contribution in [0.2, 0.25) is 0 Å². The molecule has 0 unspecified atom stereocenters. The second-order valence-electron chi connectivity index (χ2n) is 6.48. The molecule has 1 N–H and O–H groups in total. The van der Waals surface area contributed by atoms with Crippen LogP contribution in [-0.4, -0.2) is 19.9 Å². The number of phenolic OH excluding ortho intramolecular Hbond substituents is 1. The van der Waals surface area contributed by atoms with E-state index in [-0.39, 0.29) is 5.75 Å². The van der Waals surface area contributed by atoms with Gasteiger partial charge in [0.05, 0.1) is 0 Å². The van der Waals surface area contributed by atoms with Crippen LogP contribution in [0.5, 0.6) is 5.75 Å². The molecule has 0 amide bonds. The van der Waals surface area contributed by atoms with E-state index in [1.807, 2.05) is 12.1 Å². The highest BCUT2D eigenvalue weighted by Crippen LogP contribution is 2.29. The van der Waals surface area contributed by atoms with Gasteiger partial charge >= 0.3 is 5.63 Å². The predicted octanol–water partition coefficient (Wildman–Crippen LogP) is 4.38. The summed E-state index contributed by atoms with van der Waals surface area (Å²) in [5.41, 5.74) is 2.97. The van der Waals surface area contributed by atoms with Crippen LogP contribution in [0.15, 0.2) is 62.9 Å². The zero-order chi connectivity index (χ0) is 19.7. The maximum absolute atomic E-state index is 11.9. The van der Waals surface area contributed by atoms with Crippen LogP contribution >= 0.6 is 11.8 Å². The summed E-state index contributed by atoms with van der Waals surface area (Å²) in [6, 6.07) is 14.5. The first-order valence-electron chi connectivity index (χ1n) is 8.94. The molecule has 0 radical (unpaired) electrons. The number of aromatic hydroxyl groups is 1. The molecule has 4 rings (SSSR count). The molecule has 0 fully saturated rings. The van der Waals surface area contributed by atoms with E-state index < -0.39 is 5.63 Å². The Kier molecular flexibility index (Phi) is 4.92. The lowest BCUT2D eigenvalue weighted by Crippen LogP contribution is -2.02.